The number of nitrogens with one attached hydrogen (secondary N) is 3. The van der Waals surface area contributed by atoms with Gasteiger partial charge in [0, 0.05) is 18.5 Å². The Morgan fingerprint density at radius 3 is 2.96 bits per heavy atom. The van der Waals surface area contributed by atoms with E-state index in [4.69, 9.17) is 10.8 Å². The van der Waals surface area contributed by atoms with E-state index in [9.17, 15) is 10.2 Å². The third-order valence-corrected chi connectivity index (χ3v) is 4.95. The lowest BCUT2D eigenvalue weighted by molar-refractivity contribution is -0.0557. The van der Waals surface area contributed by atoms with E-state index in [1.807, 2.05) is 6.07 Å². The smallest absolute Gasteiger partial charge is 0.154 e. The Hall–Kier alpha value is -1.99. The van der Waals surface area contributed by atoms with Crippen molar-refractivity contribution in [1.29, 1.82) is 10.8 Å². The van der Waals surface area contributed by atoms with Crippen LogP contribution in [0.4, 0.5) is 0 Å². The molecule has 1 aliphatic carbocycles. The number of nitrogens with zero attached hydrogens (tertiary/aromatic N) is 2. The van der Waals surface area contributed by atoms with E-state index in [2.05, 4.69) is 16.9 Å². The zero-order chi connectivity index (χ0) is 16.6. The minimum absolute atomic E-state index is 0.0262. The van der Waals surface area contributed by atoms with Crippen molar-refractivity contribution >= 4 is 17.0 Å². The molecule has 2 aromatic rings. The van der Waals surface area contributed by atoms with E-state index in [1.54, 1.807) is 10.8 Å². The minimum atomic E-state index is -1.29. The molecule has 2 aromatic heterocycles. The maximum atomic E-state index is 9.23. The lowest BCUT2D eigenvalue weighted by Gasteiger charge is -2.21. The van der Waals surface area contributed by atoms with Crippen LogP contribution in [0.1, 0.15) is 32.6 Å². The van der Waals surface area contributed by atoms with Gasteiger partial charge in [0.15, 0.2) is 11.9 Å². The quantitative estimate of drug-likeness (QED) is 0.333. The monoisotopic (exact) mass is 317 g/mol. The molecule has 0 aromatic carbocycles. The summed E-state index contributed by atoms with van der Waals surface area (Å²) in [6.45, 7) is 2.10. The van der Waals surface area contributed by atoms with Gasteiger partial charge in [-0.05, 0) is 30.7 Å². The Bertz CT molecular complexity index is 763. The molecule has 0 radical (unpaired) electrons. The van der Waals surface area contributed by atoms with Gasteiger partial charge < -0.3 is 15.2 Å². The second-order valence-corrected chi connectivity index (χ2v) is 6.40. The number of fused-ring (bicyclic) bond motifs is 1. The number of aromatic amines is 1. The molecule has 3 rings (SSSR count). The normalized spacial score (nSPS) is 24.6. The summed E-state index contributed by atoms with van der Waals surface area (Å²) in [6, 6.07) is 1.83. The first-order chi connectivity index (χ1) is 11.0. The third-order valence-electron chi connectivity index (χ3n) is 4.95. The summed E-state index contributed by atoms with van der Waals surface area (Å²) in [4.78, 5) is 7.19. The minimum Gasteiger partial charge on any atom is -0.368 e. The Labute approximate surface area is 134 Å². The fourth-order valence-corrected chi connectivity index (χ4v) is 3.89. The number of aliphatic hydroxyl groups excluding tert-OH is 1. The van der Waals surface area contributed by atoms with Crippen LogP contribution < -0.4 is 5.49 Å². The van der Waals surface area contributed by atoms with Gasteiger partial charge in [0.05, 0.1) is 11.7 Å². The van der Waals surface area contributed by atoms with Crippen LogP contribution >= 0.6 is 0 Å². The highest BCUT2D eigenvalue weighted by Gasteiger charge is 2.37. The summed E-state index contributed by atoms with van der Waals surface area (Å²) in [5.41, 5.74) is 1.60. The van der Waals surface area contributed by atoms with Crippen LogP contribution in [0, 0.1) is 28.6 Å². The molecule has 0 aliphatic heterocycles. The van der Waals surface area contributed by atoms with E-state index < -0.39 is 6.29 Å². The molecule has 0 unspecified atom stereocenters. The number of aromatic nitrogens is 3. The van der Waals surface area contributed by atoms with E-state index in [1.165, 1.54) is 6.20 Å². The summed E-state index contributed by atoms with van der Waals surface area (Å²) in [7, 11) is 0. The van der Waals surface area contributed by atoms with Gasteiger partial charge in [-0.25, -0.2) is 4.98 Å². The lowest BCUT2D eigenvalue weighted by Crippen LogP contribution is -2.33. The van der Waals surface area contributed by atoms with Crippen molar-refractivity contribution in [2.75, 3.05) is 0 Å². The fraction of sp³-hybridized carbons (Fsp3) is 0.562. The van der Waals surface area contributed by atoms with E-state index in [0.29, 0.717) is 23.8 Å². The van der Waals surface area contributed by atoms with Crippen LogP contribution in [-0.2, 0) is 0 Å². The van der Waals surface area contributed by atoms with Crippen molar-refractivity contribution in [1.82, 2.24) is 14.5 Å². The van der Waals surface area contributed by atoms with Gasteiger partial charge in [-0.3, -0.25) is 15.4 Å². The summed E-state index contributed by atoms with van der Waals surface area (Å²) in [5, 5.41) is 35.3. The molecule has 1 fully saturated rings. The van der Waals surface area contributed by atoms with Crippen LogP contribution in [0.15, 0.2) is 18.5 Å². The summed E-state index contributed by atoms with van der Waals surface area (Å²) in [5.74, 6) is 0.978. The lowest BCUT2D eigenvalue weighted by atomic mass is 9.92. The molecule has 0 bridgehead atoms. The largest absolute Gasteiger partial charge is 0.368 e. The molecular formula is C16H23N5O2. The average molecular weight is 317 g/mol. The van der Waals surface area contributed by atoms with E-state index >= 15 is 0 Å². The van der Waals surface area contributed by atoms with Crippen molar-refractivity contribution in [2.24, 2.45) is 17.8 Å². The zero-order valence-electron chi connectivity index (χ0n) is 13.2. The molecule has 1 aliphatic rings. The van der Waals surface area contributed by atoms with Crippen LogP contribution in [0.3, 0.4) is 0 Å². The molecule has 3 atom stereocenters. The Morgan fingerprint density at radius 2 is 2.26 bits per heavy atom. The topological polar surface area (TPSA) is 122 Å². The van der Waals surface area contributed by atoms with Gasteiger partial charge in [0.25, 0.3) is 0 Å². The molecule has 23 heavy (non-hydrogen) atoms. The summed E-state index contributed by atoms with van der Waals surface area (Å²) in [6.07, 6.45) is 4.89. The number of hydrogen-bond acceptors (Lipinski definition) is 5. The molecule has 0 spiro atoms. The summed E-state index contributed by atoms with van der Waals surface area (Å²) < 4.78 is 1.64. The van der Waals surface area contributed by atoms with Crippen LogP contribution in [0.2, 0.25) is 0 Å². The molecule has 0 amide bonds. The number of H-pyrrole nitrogens is 1. The van der Waals surface area contributed by atoms with Crippen molar-refractivity contribution in [3.05, 3.63) is 23.9 Å². The highest BCUT2D eigenvalue weighted by atomic mass is 16.5. The Morgan fingerprint density at radius 1 is 1.48 bits per heavy atom. The molecule has 5 N–H and O–H groups in total. The number of hydrogen-bond donors (Lipinski definition) is 5. The van der Waals surface area contributed by atoms with Crippen molar-refractivity contribution in [3.8, 4) is 0 Å². The van der Waals surface area contributed by atoms with Crippen molar-refractivity contribution in [3.63, 3.8) is 0 Å². The highest BCUT2D eigenvalue weighted by molar-refractivity contribution is 5.91. The molecule has 2 heterocycles. The van der Waals surface area contributed by atoms with E-state index in [0.717, 1.165) is 24.8 Å². The highest BCUT2D eigenvalue weighted by Crippen LogP contribution is 2.41. The summed E-state index contributed by atoms with van der Waals surface area (Å²) >= 11 is 0. The van der Waals surface area contributed by atoms with Gasteiger partial charge in [-0.2, -0.15) is 0 Å². The van der Waals surface area contributed by atoms with Gasteiger partial charge >= 0.3 is 0 Å². The van der Waals surface area contributed by atoms with Gasteiger partial charge in [-0.1, -0.05) is 13.3 Å². The second kappa shape index (κ2) is 6.25. The Kier molecular flexibility index (Phi) is 4.32. The first-order valence-corrected chi connectivity index (χ1v) is 8.06. The maximum Gasteiger partial charge on any atom is 0.154 e. The molecule has 1 saturated carbocycles. The predicted molar refractivity (Wildman–Crippen MR) is 85.9 cm³/mol. The van der Waals surface area contributed by atoms with Gasteiger partial charge in [0.2, 0.25) is 0 Å². The van der Waals surface area contributed by atoms with Crippen LogP contribution in [-0.4, -0.2) is 36.9 Å². The van der Waals surface area contributed by atoms with Gasteiger partial charge in [0.1, 0.15) is 11.3 Å². The zero-order valence-corrected chi connectivity index (χ0v) is 13.2. The average Bonchev–Trinajstić information content (AvgIpc) is 3.12. The predicted octanol–water partition coefficient (Wildman–Crippen LogP) is 1.42. The van der Waals surface area contributed by atoms with Crippen molar-refractivity contribution in [2.45, 2.75) is 38.9 Å². The molecule has 0 saturated heterocycles. The molecule has 7 heteroatoms. The first kappa shape index (κ1) is 15.9. The van der Waals surface area contributed by atoms with Crippen molar-refractivity contribution < 1.29 is 10.2 Å². The maximum absolute atomic E-state index is 9.23. The van der Waals surface area contributed by atoms with E-state index in [-0.39, 0.29) is 17.3 Å². The SMILES string of the molecule is CC[C@H]1C[C@H](CC(O)O)C[C@@H]1C(=N)n1c(=N)cnc2[nH]ccc21. The van der Waals surface area contributed by atoms with Crippen LogP contribution in [0.5, 0.6) is 0 Å². The van der Waals surface area contributed by atoms with Gasteiger partial charge in [-0.15, -0.1) is 0 Å². The standard InChI is InChI=1S/C16H23N5O2/c1-2-10-5-9(7-14(22)23)6-11(10)15(18)21-12-3-4-19-16(12)20-8-13(21)17/h3-4,8-11,14,17-19,22-23H,2,5-7H2,1H3/t9-,10-,11-/m0/s1. The number of aliphatic hydroxyl groups is 2. The second-order valence-electron chi connectivity index (χ2n) is 6.40. The first-order valence-electron chi connectivity index (χ1n) is 8.06. The third kappa shape index (κ3) is 2.94. The molecular weight excluding hydrogens is 294 g/mol. The fourth-order valence-electron chi connectivity index (χ4n) is 3.89. The van der Waals surface area contributed by atoms with Crippen LogP contribution in [0.25, 0.3) is 11.2 Å². The molecule has 124 valence electrons. The number of rotatable bonds is 4. The Balaban J connectivity index is 1.93. The molecule has 7 nitrogen and oxygen atoms in total.